The van der Waals surface area contributed by atoms with Crippen molar-refractivity contribution in [3.8, 4) is 11.8 Å². The minimum atomic E-state index is -0.602. The standard InChI is InChI=1S/C13H12FNO2/c1-10(17)15-8-3-2-5-11-6-4-7-12(9-16)13(11)14/h4,6-7,9H,3,8H2,1H3,(H,15,17). The van der Waals surface area contributed by atoms with Crippen molar-refractivity contribution in [1.82, 2.24) is 5.32 Å². The lowest BCUT2D eigenvalue weighted by molar-refractivity contribution is -0.118. The molecule has 0 fully saturated rings. The SMILES string of the molecule is CC(=O)NCCC#Cc1cccc(C=O)c1F. The maximum Gasteiger partial charge on any atom is 0.216 e. The molecule has 0 saturated carbocycles. The molecule has 4 heteroatoms. The van der Waals surface area contributed by atoms with Crippen molar-refractivity contribution < 1.29 is 14.0 Å². The van der Waals surface area contributed by atoms with Crippen molar-refractivity contribution in [1.29, 1.82) is 0 Å². The lowest BCUT2D eigenvalue weighted by atomic mass is 10.1. The van der Waals surface area contributed by atoms with Crippen LogP contribution in [0.5, 0.6) is 0 Å². The third kappa shape index (κ3) is 4.07. The second-order valence-corrected chi connectivity index (χ2v) is 3.36. The van der Waals surface area contributed by atoms with Crippen LogP contribution >= 0.6 is 0 Å². The van der Waals surface area contributed by atoms with Gasteiger partial charge in [0.25, 0.3) is 0 Å². The van der Waals surface area contributed by atoms with E-state index in [2.05, 4.69) is 17.2 Å². The topological polar surface area (TPSA) is 46.2 Å². The molecule has 0 atom stereocenters. The summed E-state index contributed by atoms with van der Waals surface area (Å²) in [5.74, 6) is 4.63. The van der Waals surface area contributed by atoms with Crippen LogP contribution in [0.25, 0.3) is 0 Å². The molecule has 17 heavy (non-hydrogen) atoms. The lowest BCUT2D eigenvalue weighted by Crippen LogP contribution is -2.20. The maximum atomic E-state index is 13.5. The largest absolute Gasteiger partial charge is 0.355 e. The monoisotopic (exact) mass is 233 g/mol. The van der Waals surface area contributed by atoms with Crippen molar-refractivity contribution in [2.24, 2.45) is 0 Å². The van der Waals surface area contributed by atoms with Crippen LogP contribution < -0.4 is 5.32 Å². The molecule has 1 N–H and O–H groups in total. The first-order valence-electron chi connectivity index (χ1n) is 5.12. The summed E-state index contributed by atoms with van der Waals surface area (Å²) in [5.41, 5.74) is 0.191. The van der Waals surface area contributed by atoms with E-state index in [4.69, 9.17) is 0 Å². The van der Waals surface area contributed by atoms with E-state index >= 15 is 0 Å². The summed E-state index contributed by atoms with van der Waals surface area (Å²) in [5, 5.41) is 2.58. The normalized spacial score (nSPS) is 9.06. The molecule has 0 aliphatic carbocycles. The Morgan fingerprint density at radius 1 is 1.53 bits per heavy atom. The van der Waals surface area contributed by atoms with Crippen LogP contribution in [-0.4, -0.2) is 18.7 Å². The molecule has 0 heterocycles. The van der Waals surface area contributed by atoms with Gasteiger partial charge in [-0.2, -0.15) is 0 Å². The summed E-state index contributed by atoms with van der Waals surface area (Å²) in [4.78, 5) is 21.1. The first-order chi connectivity index (χ1) is 8.15. The highest BCUT2D eigenvalue weighted by Gasteiger charge is 2.03. The van der Waals surface area contributed by atoms with Crippen LogP contribution in [0, 0.1) is 17.7 Å². The van der Waals surface area contributed by atoms with E-state index in [9.17, 15) is 14.0 Å². The number of benzene rings is 1. The Kier molecular flexibility index (Phi) is 4.89. The van der Waals surface area contributed by atoms with Gasteiger partial charge in [-0.05, 0) is 12.1 Å². The predicted octanol–water partition coefficient (Wildman–Crippen LogP) is 1.52. The van der Waals surface area contributed by atoms with Gasteiger partial charge < -0.3 is 5.32 Å². The van der Waals surface area contributed by atoms with Gasteiger partial charge in [0.15, 0.2) is 6.29 Å². The number of nitrogens with one attached hydrogen (secondary N) is 1. The van der Waals surface area contributed by atoms with Gasteiger partial charge in [0, 0.05) is 19.9 Å². The van der Waals surface area contributed by atoms with Crippen molar-refractivity contribution in [3.05, 3.63) is 35.1 Å². The maximum absolute atomic E-state index is 13.5. The Morgan fingerprint density at radius 2 is 2.29 bits per heavy atom. The number of aldehydes is 1. The van der Waals surface area contributed by atoms with Gasteiger partial charge in [0.1, 0.15) is 5.82 Å². The van der Waals surface area contributed by atoms with Gasteiger partial charge in [-0.25, -0.2) is 4.39 Å². The van der Waals surface area contributed by atoms with Crippen molar-refractivity contribution in [2.45, 2.75) is 13.3 Å². The minimum Gasteiger partial charge on any atom is -0.355 e. The van der Waals surface area contributed by atoms with Gasteiger partial charge in [-0.1, -0.05) is 17.9 Å². The molecular weight excluding hydrogens is 221 g/mol. The molecule has 0 aliphatic heterocycles. The molecule has 1 aromatic rings. The zero-order valence-corrected chi connectivity index (χ0v) is 9.42. The molecule has 3 nitrogen and oxygen atoms in total. The molecule has 0 bridgehead atoms. The second kappa shape index (κ2) is 6.44. The molecule has 0 aliphatic rings. The van der Waals surface area contributed by atoms with Gasteiger partial charge >= 0.3 is 0 Å². The number of carbonyl (C=O) groups excluding carboxylic acids is 2. The second-order valence-electron chi connectivity index (χ2n) is 3.36. The Morgan fingerprint density at radius 3 is 2.94 bits per heavy atom. The summed E-state index contributed by atoms with van der Waals surface area (Å²) >= 11 is 0. The average Bonchev–Trinajstić information content (AvgIpc) is 2.30. The van der Waals surface area contributed by atoms with Crippen LogP contribution in [0.3, 0.4) is 0 Å². The highest BCUT2D eigenvalue weighted by Crippen LogP contribution is 2.09. The van der Waals surface area contributed by atoms with Gasteiger partial charge in [0.05, 0.1) is 11.1 Å². The number of halogens is 1. The van der Waals surface area contributed by atoms with Crippen LogP contribution in [0.2, 0.25) is 0 Å². The van der Waals surface area contributed by atoms with Gasteiger partial charge in [-0.3, -0.25) is 9.59 Å². The van der Waals surface area contributed by atoms with E-state index in [-0.39, 0.29) is 17.0 Å². The number of carbonyl (C=O) groups is 2. The van der Waals surface area contributed by atoms with Crippen LogP contribution in [-0.2, 0) is 4.79 Å². The van der Waals surface area contributed by atoms with Crippen molar-refractivity contribution in [2.75, 3.05) is 6.54 Å². The number of hydrogen-bond acceptors (Lipinski definition) is 2. The fourth-order valence-corrected chi connectivity index (χ4v) is 1.20. The molecule has 0 radical (unpaired) electrons. The fourth-order valence-electron chi connectivity index (χ4n) is 1.20. The van der Waals surface area contributed by atoms with E-state index in [1.54, 1.807) is 6.07 Å². The minimum absolute atomic E-state index is 0.00124. The zero-order valence-electron chi connectivity index (χ0n) is 9.42. The first kappa shape index (κ1) is 12.9. The highest BCUT2D eigenvalue weighted by atomic mass is 19.1. The van der Waals surface area contributed by atoms with Crippen LogP contribution in [0.4, 0.5) is 4.39 Å². The Balaban J connectivity index is 2.66. The summed E-state index contributed by atoms with van der Waals surface area (Å²) in [6.07, 6.45) is 0.891. The molecule has 0 aromatic heterocycles. The highest BCUT2D eigenvalue weighted by molar-refractivity contribution is 5.76. The third-order valence-electron chi connectivity index (χ3n) is 2.00. The van der Waals surface area contributed by atoms with E-state index in [0.717, 1.165) is 0 Å². The van der Waals surface area contributed by atoms with E-state index in [1.807, 2.05) is 0 Å². The smallest absolute Gasteiger partial charge is 0.216 e. The summed E-state index contributed by atoms with van der Waals surface area (Å²) < 4.78 is 13.5. The van der Waals surface area contributed by atoms with Crippen LogP contribution in [0.1, 0.15) is 29.3 Å². The Labute approximate surface area is 99.0 Å². The molecule has 0 unspecified atom stereocenters. The zero-order chi connectivity index (χ0) is 12.7. The fraction of sp³-hybridized carbons (Fsp3) is 0.231. The molecule has 0 spiro atoms. The van der Waals surface area contributed by atoms with Gasteiger partial charge in [-0.15, -0.1) is 0 Å². The van der Waals surface area contributed by atoms with Crippen molar-refractivity contribution in [3.63, 3.8) is 0 Å². The molecule has 1 rings (SSSR count). The van der Waals surface area contributed by atoms with Crippen molar-refractivity contribution >= 4 is 12.2 Å². The summed E-state index contributed by atoms with van der Waals surface area (Å²) in [6, 6.07) is 4.48. The van der Waals surface area contributed by atoms with E-state index < -0.39 is 5.82 Å². The average molecular weight is 233 g/mol. The molecular formula is C13H12FNO2. The Hall–Kier alpha value is -2.15. The van der Waals surface area contributed by atoms with E-state index in [1.165, 1.54) is 19.1 Å². The molecule has 1 amide bonds. The number of hydrogen-bond donors (Lipinski definition) is 1. The number of amides is 1. The quantitative estimate of drug-likeness (QED) is 0.488. The molecule has 1 aromatic carbocycles. The Bertz CT molecular complexity index is 486. The molecule has 88 valence electrons. The predicted molar refractivity (Wildman–Crippen MR) is 62.0 cm³/mol. The summed E-state index contributed by atoms with van der Waals surface area (Å²) in [6.45, 7) is 1.85. The number of rotatable bonds is 3. The molecule has 0 saturated heterocycles. The first-order valence-corrected chi connectivity index (χ1v) is 5.12. The van der Waals surface area contributed by atoms with Crippen LogP contribution in [0.15, 0.2) is 18.2 Å². The van der Waals surface area contributed by atoms with Gasteiger partial charge in [0.2, 0.25) is 5.91 Å². The third-order valence-corrected chi connectivity index (χ3v) is 2.00. The summed E-state index contributed by atoms with van der Waals surface area (Å²) in [7, 11) is 0. The van der Waals surface area contributed by atoms with E-state index in [0.29, 0.717) is 19.3 Å². The lowest BCUT2D eigenvalue weighted by Gasteiger charge is -1.97.